The summed E-state index contributed by atoms with van der Waals surface area (Å²) < 4.78 is 0. The first kappa shape index (κ1) is 12.1. The molecule has 0 spiro atoms. The molecule has 4 nitrogen and oxygen atoms in total. The molecule has 92 valence electrons. The first-order valence-electron chi connectivity index (χ1n) is 5.88. The Morgan fingerprint density at radius 3 is 2.71 bits per heavy atom. The maximum absolute atomic E-state index is 4.49. The van der Waals surface area contributed by atoms with Crippen LogP contribution in [0.5, 0.6) is 0 Å². The van der Waals surface area contributed by atoms with Gasteiger partial charge in [-0.1, -0.05) is 6.92 Å². The average molecular weight is 250 g/mol. The molecule has 2 N–H and O–H groups in total. The summed E-state index contributed by atoms with van der Waals surface area (Å²) in [7, 11) is 1.84. The lowest BCUT2D eigenvalue weighted by Crippen LogP contribution is -2.12. The minimum Gasteiger partial charge on any atom is -0.367 e. The standard InChI is InChI=1S/C12H18N4S/c1-5-8-6-9-10(14-7(2)3)15-12(13-4)16-11(9)17-8/h6-7H,5H2,1-4H3,(H2,13,14,15,16). The zero-order chi connectivity index (χ0) is 12.4. The number of anilines is 2. The lowest BCUT2D eigenvalue weighted by Gasteiger charge is -2.10. The Bertz CT molecular complexity index is 518. The van der Waals surface area contributed by atoms with Gasteiger partial charge in [0, 0.05) is 18.0 Å². The largest absolute Gasteiger partial charge is 0.367 e. The molecule has 0 aliphatic rings. The first-order chi connectivity index (χ1) is 8.13. The van der Waals surface area contributed by atoms with Crippen LogP contribution in [0.4, 0.5) is 11.8 Å². The number of nitrogens with zero attached hydrogens (tertiary/aromatic N) is 2. The number of fused-ring (bicyclic) bond motifs is 1. The summed E-state index contributed by atoms with van der Waals surface area (Å²) in [5, 5.41) is 7.50. The fourth-order valence-corrected chi connectivity index (χ4v) is 2.61. The number of hydrogen-bond acceptors (Lipinski definition) is 5. The molecule has 0 aliphatic carbocycles. The second-order valence-electron chi connectivity index (χ2n) is 4.23. The van der Waals surface area contributed by atoms with Crippen LogP contribution in [0.25, 0.3) is 10.2 Å². The van der Waals surface area contributed by atoms with E-state index in [2.05, 4.69) is 47.4 Å². The van der Waals surface area contributed by atoms with Crippen molar-refractivity contribution < 1.29 is 0 Å². The van der Waals surface area contributed by atoms with E-state index >= 15 is 0 Å². The lowest BCUT2D eigenvalue weighted by molar-refractivity contribution is 0.891. The van der Waals surface area contributed by atoms with Crippen molar-refractivity contribution in [2.75, 3.05) is 17.7 Å². The minimum absolute atomic E-state index is 0.364. The lowest BCUT2D eigenvalue weighted by atomic mass is 10.3. The van der Waals surface area contributed by atoms with Crippen molar-refractivity contribution in [1.29, 1.82) is 0 Å². The topological polar surface area (TPSA) is 49.8 Å². The third kappa shape index (κ3) is 2.49. The molecule has 0 aromatic carbocycles. The zero-order valence-corrected chi connectivity index (χ0v) is 11.5. The summed E-state index contributed by atoms with van der Waals surface area (Å²) >= 11 is 1.74. The van der Waals surface area contributed by atoms with Crippen LogP contribution in [-0.4, -0.2) is 23.1 Å². The molecule has 0 saturated heterocycles. The van der Waals surface area contributed by atoms with Crippen LogP contribution < -0.4 is 10.6 Å². The van der Waals surface area contributed by atoms with E-state index in [9.17, 15) is 0 Å². The maximum atomic E-state index is 4.49. The van der Waals surface area contributed by atoms with Gasteiger partial charge in [0.2, 0.25) is 5.95 Å². The van der Waals surface area contributed by atoms with Gasteiger partial charge < -0.3 is 10.6 Å². The number of hydrogen-bond donors (Lipinski definition) is 2. The molecule has 2 rings (SSSR count). The molecular weight excluding hydrogens is 232 g/mol. The molecule has 0 fully saturated rings. The molecule has 0 unspecified atom stereocenters. The first-order valence-corrected chi connectivity index (χ1v) is 6.70. The van der Waals surface area contributed by atoms with E-state index in [4.69, 9.17) is 0 Å². The van der Waals surface area contributed by atoms with E-state index in [1.165, 1.54) is 4.88 Å². The van der Waals surface area contributed by atoms with Crippen molar-refractivity contribution in [2.24, 2.45) is 0 Å². The summed E-state index contributed by atoms with van der Waals surface area (Å²) in [6, 6.07) is 2.55. The van der Waals surface area contributed by atoms with Gasteiger partial charge in [-0.15, -0.1) is 11.3 Å². The Hall–Kier alpha value is -1.36. The highest BCUT2D eigenvalue weighted by Crippen LogP contribution is 2.30. The normalized spacial score (nSPS) is 11.1. The van der Waals surface area contributed by atoms with Crippen molar-refractivity contribution in [2.45, 2.75) is 33.2 Å². The van der Waals surface area contributed by atoms with Gasteiger partial charge in [-0.3, -0.25) is 0 Å². The number of aryl methyl sites for hydroxylation is 1. The molecule has 0 atom stereocenters. The summed E-state index contributed by atoms with van der Waals surface area (Å²) in [6.07, 6.45) is 1.04. The highest BCUT2D eigenvalue weighted by atomic mass is 32.1. The van der Waals surface area contributed by atoms with E-state index in [1.54, 1.807) is 11.3 Å². The van der Waals surface area contributed by atoms with Crippen molar-refractivity contribution in [3.8, 4) is 0 Å². The summed E-state index contributed by atoms with van der Waals surface area (Å²) in [4.78, 5) is 11.4. The molecule has 17 heavy (non-hydrogen) atoms. The van der Waals surface area contributed by atoms with Gasteiger partial charge in [-0.05, 0) is 26.3 Å². The van der Waals surface area contributed by atoms with Crippen LogP contribution in [0.3, 0.4) is 0 Å². The molecule has 0 radical (unpaired) electrons. The highest BCUT2D eigenvalue weighted by molar-refractivity contribution is 7.18. The fraction of sp³-hybridized carbons (Fsp3) is 0.500. The molecule has 5 heteroatoms. The Labute approximate surface area is 105 Å². The number of thiophene rings is 1. The predicted octanol–water partition coefficient (Wildman–Crippen LogP) is 3.12. The number of rotatable bonds is 4. The summed E-state index contributed by atoms with van der Waals surface area (Å²) in [5.74, 6) is 1.59. The fourth-order valence-electron chi connectivity index (χ4n) is 1.64. The second kappa shape index (κ2) is 4.87. The van der Waals surface area contributed by atoms with Gasteiger partial charge in [0.05, 0.1) is 5.39 Å². The van der Waals surface area contributed by atoms with Gasteiger partial charge in [0.25, 0.3) is 0 Å². The molecule has 0 aliphatic heterocycles. The molecular formula is C12H18N4S. The smallest absolute Gasteiger partial charge is 0.225 e. The van der Waals surface area contributed by atoms with Crippen molar-refractivity contribution in [1.82, 2.24) is 9.97 Å². The van der Waals surface area contributed by atoms with E-state index < -0.39 is 0 Å². The van der Waals surface area contributed by atoms with E-state index in [0.717, 1.165) is 22.5 Å². The molecule has 2 heterocycles. The summed E-state index contributed by atoms with van der Waals surface area (Å²) in [6.45, 7) is 6.38. The third-order valence-electron chi connectivity index (χ3n) is 2.44. The SMILES string of the molecule is CCc1cc2c(NC(C)C)nc(NC)nc2s1. The second-order valence-corrected chi connectivity index (χ2v) is 5.35. The van der Waals surface area contributed by atoms with Gasteiger partial charge >= 0.3 is 0 Å². The van der Waals surface area contributed by atoms with Crippen LogP contribution in [0.15, 0.2) is 6.07 Å². The van der Waals surface area contributed by atoms with Crippen LogP contribution in [0, 0.1) is 0 Å². The number of nitrogens with one attached hydrogen (secondary N) is 2. The Balaban J connectivity index is 2.56. The molecule has 2 aromatic heterocycles. The maximum Gasteiger partial charge on any atom is 0.225 e. The van der Waals surface area contributed by atoms with Crippen molar-refractivity contribution >= 4 is 33.3 Å². The zero-order valence-electron chi connectivity index (χ0n) is 10.7. The minimum atomic E-state index is 0.364. The van der Waals surface area contributed by atoms with Gasteiger partial charge in [-0.25, -0.2) is 4.98 Å². The van der Waals surface area contributed by atoms with Crippen LogP contribution in [-0.2, 0) is 6.42 Å². The highest BCUT2D eigenvalue weighted by Gasteiger charge is 2.11. The van der Waals surface area contributed by atoms with E-state index in [-0.39, 0.29) is 0 Å². The molecule has 2 aromatic rings. The number of aromatic nitrogens is 2. The third-order valence-corrected chi connectivity index (χ3v) is 3.61. The van der Waals surface area contributed by atoms with E-state index in [1.807, 2.05) is 7.05 Å². The molecule has 0 amide bonds. The Morgan fingerprint density at radius 2 is 2.12 bits per heavy atom. The average Bonchev–Trinajstić information content (AvgIpc) is 2.71. The van der Waals surface area contributed by atoms with Crippen molar-refractivity contribution in [3.63, 3.8) is 0 Å². The monoisotopic (exact) mass is 250 g/mol. The Morgan fingerprint density at radius 1 is 1.35 bits per heavy atom. The van der Waals surface area contributed by atoms with Gasteiger partial charge in [0.15, 0.2) is 0 Å². The van der Waals surface area contributed by atoms with Gasteiger partial charge in [0.1, 0.15) is 10.6 Å². The predicted molar refractivity (Wildman–Crippen MR) is 75.1 cm³/mol. The van der Waals surface area contributed by atoms with Gasteiger partial charge in [-0.2, -0.15) is 4.98 Å². The Kier molecular flexibility index (Phi) is 3.47. The van der Waals surface area contributed by atoms with Crippen LogP contribution >= 0.6 is 11.3 Å². The van der Waals surface area contributed by atoms with E-state index in [0.29, 0.717) is 12.0 Å². The molecule has 0 saturated carbocycles. The van der Waals surface area contributed by atoms with Crippen molar-refractivity contribution in [3.05, 3.63) is 10.9 Å². The van der Waals surface area contributed by atoms with Crippen LogP contribution in [0.1, 0.15) is 25.6 Å². The molecule has 0 bridgehead atoms. The quantitative estimate of drug-likeness (QED) is 0.875. The summed E-state index contributed by atoms with van der Waals surface area (Å²) in [5.41, 5.74) is 0. The van der Waals surface area contributed by atoms with Crippen LogP contribution in [0.2, 0.25) is 0 Å².